The topological polar surface area (TPSA) is 49.8 Å². The fourth-order valence-corrected chi connectivity index (χ4v) is 2.22. The van der Waals surface area contributed by atoms with Crippen molar-refractivity contribution in [3.63, 3.8) is 0 Å². The van der Waals surface area contributed by atoms with Crippen LogP contribution >= 0.6 is 12.2 Å². The molecule has 0 atom stereocenters. The first-order chi connectivity index (χ1) is 9.37. The van der Waals surface area contributed by atoms with E-state index in [4.69, 9.17) is 12.2 Å². The summed E-state index contributed by atoms with van der Waals surface area (Å²) in [6.45, 7) is 6.09. The van der Waals surface area contributed by atoms with Crippen LogP contribution in [0.3, 0.4) is 0 Å². The molecule has 2 rings (SSSR count). The van der Waals surface area contributed by atoms with E-state index in [1.165, 1.54) is 0 Å². The van der Waals surface area contributed by atoms with E-state index in [1.807, 2.05) is 61.9 Å². The zero-order valence-corrected chi connectivity index (χ0v) is 12.8. The van der Waals surface area contributed by atoms with E-state index in [0.29, 0.717) is 4.77 Å². The van der Waals surface area contributed by atoms with Crippen molar-refractivity contribution in [1.29, 1.82) is 0 Å². The number of aromatic amines is 1. The van der Waals surface area contributed by atoms with Gasteiger partial charge in [0.15, 0.2) is 4.77 Å². The second kappa shape index (κ2) is 5.63. The van der Waals surface area contributed by atoms with Crippen LogP contribution in [0, 0.1) is 4.77 Å². The van der Waals surface area contributed by atoms with Crippen LogP contribution in [-0.2, 0) is 11.3 Å². The Labute approximate surface area is 123 Å². The van der Waals surface area contributed by atoms with Gasteiger partial charge in [-0.15, -0.1) is 0 Å². The fourth-order valence-electron chi connectivity index (χ4n) is 2.00. The maximum absolute atomic E-state index is 12.1. The van der Waals surface area contributed by atoms with E-state index in [2.05, 4.69) is 10.3 Å². The van der Waals surface area contributed by atoms with E-state index < -0.39 is 0 Å². The molecule has 5 heteroatoms. The van der Waals surface area contributed by atoms with Crippen molar-refractivity contribution in [2.75, 3.05) is 0 Å². The molecular formula is C15H19N3OS. The standard InChI is InChI=1S/C15H19N3OS/c1-15(2,3)17-13(19)10-18-12(9-16-14(18)20)11-7-5-4-6-8-11/h4-9H,10H2,1-3H3,(H,16,20)(H,17,19). The first-order valence-corrected chi connectivity index (χ1v) is 6.92. The van der Waals surface area contributed by atoms with Crippen molar-refractivity contribution in [1.82, 2.24) is 14.9 Å². The number of nitrogens with one attached hydrogen (secondary N) is 2. The van der Waals surface area contributed by atoms with Crippen LogP contribution in [0.25, 0.3) is 11.3 Å². The average molecular weight is 289 g/mol. The number of carbonyl (C=O) groups is 1. The summed E-state index contributed by atoms with van der Waals surface area (Å²) >= 11 is 5.26. The molecule has 0 aliphatic heterocycles. The lowest BCUT2D eigenvalue weighted by molar-refractivity contribution is -0.123. The van der Waals surface area contributed by atoms with Gasteiger partial charge in [-0.3, -0.25) is 4.79 Å². The minimum atomic E-state index is -0.248. The molecule has 2 N–H and O–H groups in total. The van der Waals surface area contributed by atoms with Crippen molar-refractivity contribution in [2.45, 2.75) is 32.9 Å². The number of hydrogen-bond donors (Lipinski definition) is 2. The summed E-state index contributed by atoms with van der Waals surface area (Å²) in [5, 5.41) is 2.94. The average Bonchev–Trinajstić information content (AvgIpc) is 2.70. The third kappa shape index (κ3) is 3.57. The molecule has 106 valence electrons. The number of hydrogen-bond acceptors (Lipinski definition) is 2. The molecule has 0 radical (unpaired) electrons. The van der Waals surface area contributed by atoms with Gasteiger partial charge < -0.3 is 14.9 Å². The third-order valence-electron chi connectivity index (χ3n) is 2.75. The third-order valence-corrected chi connectivity index (χ3v) is 3.09. The van der Waals surface area contributed by atoms with E-state index in [0.717, 1.165) is 11.3 Å². The molecule has 0 aliphatic rings. The molecule has 0 saturated heterocycles. The number of benzene rings is 1. The number of imidazole rings is 1. The summed E-state index contributed by atoms with van der Waals surface area (Å²) in [7, 11) is 0. The number of nitrogens with zero attached hydrogens (tertiary/aromatic N) is 1. The van der Waals surface area contributed by atoms with Gasteiger partial charge in [-0.1, -0.05) is 30.3 Å². The lowest BCUT2D eigenvalue weighted by Gasteiger charge is -2.21. The number of rotatable bonds is 3. The van der Waals surface area contributed by atoms with Crippen molar-refractivity contribution in [3.8, 4) is 11.3 Å². The molecule has 0 unspecified atom stereocenters. The van der Waals surface area contributed by atoms with E-state index >= 15 is 0 Å². The van der Waals surface area contributed by atoms with Gasteiger partial charge in [-0.05, 0) is 38.6 Å². The molecular weight excluding hydrogens is 270 g/mol. The Morgan fingerprint density at radius 2 is 1.95 bits per heavy atom. The predicted molar refractivity (Wildman–Crippen MR) is 82.9 cm³/mol. The zero-order chi connectivity index (χ0) is 14.8. The maximum atomic E-state index is 12.1. The van der Waals surface area contributed by atoms with Gasteiger partial charge in [0.1, 0.15) is 6.54 Å². The molecule has 1 amide bonds. The number of amides is 1. The van der Waals surface area contributed by atoms with Gasteiger partial charge in [0, 0.05) is 11.7 Å². The monoisotopic (exact) mass is 289 g/mol. The lowest BCUT2D eigenvalue weighted by Crippen LogP contribution is -2.42. The fraction of sp³-hybridized carbons (Fsp3) is 0.333. The van der Waals surface area contributed by atoms with Crippen LogP contribution in [0.4, 0.5) is 0 Å². The summed E-state index contributed by atoms with van der Waals surface area (Å²) in [6, 6.07) is 9.88. The summed E-state index contributed by atoms with van der Waals surface area (Å²) in [4.78, 5) is 15.1. The van der Waals surface area contributed by atoms with Crippen LogP contribution in [0.5, 0.6) is 0 Å². The highest BCUT2D eigenvalue weighted by Crippen LogP contribution is 2.19. The quantitative estimate of drug-likeness (QED) is 0.853. The SMILES string of the molecule is CC(C)(C)NC(=O)Cn1c(-c2ccccc2)c[nH]c1=S. The van der Waals surface area contributed by atoms with Gasteiger partial charge in [0.2, 0.25) is 5.91 Å². The van der Waals surface area contributed by atoms with Crippen LogP contribution in [0.1, 0.15) is 20.8 Å². The highest BCUT2D eigenvalue weighted by molar-refractivity contribution is 7.71. The van der Waals surface area contributed by atoms with Crippen LogP contribution in [0.2, 0.25) is 0 Å². The Morgan fingerprint density at radius 1 is 1.30 bits per heavy atom. The van der Waals surface area contributed by atoms with Crippen LogP contribution < -0.4 is 5.32 Å². The number of carbonyl (C=O) groups excluding carboxylic acids is 1. The van der Waals surface area contributed by atoms with E-state index in [9.17, 15) is 4.79 Å². The van der Waals surface area contributed by atoms with Gasteiger partial charge in [0.05, 0.1) is 5.69 Å². The Balaban J connectivity index is 2.27. The molecule has 1 heterocycles. The first kappa shape index (κ1) is 14.5. The van der Waals surface area contributed by atoms with Crippen molar-refractivity contribution >= 4 is 18.1 Å². The summed E-state index contributed by atoms with van der Waals surface area (Å²) in [6.07, 6.45) is 1.84. The summed E-state index contributed by atoms with van der Waals surface area (Å²) < 4.78 is 2.36. The second-order valence-electron chi connectivity index (χ2n) is 5.73. The molecule has 2 aromatic rings. The summed E-state index contributed by atoms with van der Waals surface area (Å²) in [5.41, 5.74) is 1.70. The Bertz CT molecular complexity index is 650. The van der Waals surface area contributed by atoms with Gasteiger partial charge in [-0.2, -0.15) is 0 Å². The maximum Gasteiger partial charge on any atom is 0.240 e. The van der Waals surface area contributed by atoms with Gasteiger partial charge >= 0.3 is 0 Å². The number of H-pyrrole nitrogens is 1. The number of aromatic nitrogens is 2. The van der Waals surface area contributed by atoms with Gasteiger partial charge in [0.25, 0.3) is 0 Å². The van der Waals surface area contributed by atoms with Crippen LogP contribution in [-0.4, -0.2) is 21.0 Å². The van der Waals surface area contributed by atoms with Crippen molar-refractivity contribution in [3.05, 3.63) is 41.3 Å². The lowest BCUT2D eigenvalue weighted by atomic mass is 10.1. The second-order valence-corrected chi connectivity index (χ2v) is 6.12. The zero-order valence-electron chi connectivity index (χ0n) is 11.9. The Hall–Kier alpha value is -1.88. The molecule has 0 bridgehead atoms. The molecule has 0 spiro atoms. The molecule has 4 nitrogen and oxygen atoms in total. The highest BCUT2D eigenvalue weighted by Gasteiger charge is 2.16. The minimum Gasteiger partial charge on any atom is -0.350 e. The Kier molecular flexibility index (Phi) is 4.09. The largest absolute Gasteiger partial charge is 0.350 e. The summed E-state index contributed by atoms with van der Waals surface area (Å²) in [5.74, 6) is -0.0506. The van der Waals surface area contributed by atoms with Crippen LogP contribution in [0.15, 0.2) is 36.5 Å². The highest BCUT2D eigenvalue weighted by atomic mass is 32.1. The smallest absolute Gasteiger partial charge is 0.240 e. The molecule has 0 fully saturated rings. The normalized spacial score (nSPS) is 11.3. The predicted octanol–water partition coefficient (Wildman–Crippen LogP) is 3.13. The van der Waals surface area contributed by atoms with Crippen molar-refractivity contribution in [2.24, 2.45) is 0 Å². The van der Waals surface area contributed by atoms with Gasteiger partial charge in [-0.25, -0.2) is 0 Å². The molecule has 1 aromatic heterocycles. The Morgan fingerprint density at radius 3 is 2.55 bits per heavy atom. The molecule has 0 aliphatic carbocycles. The molecule has 0 saturated carbocycles. The molecule has 1 aromatic carbocycles. The first-order valence-electron chi connectivity index (χ1n) is 6.51. The van der Waals surface area contributed by atoms with E-state index in [-0.39, 0.29) is 18.0 Å². The van der Waals surface area contributed by atoms with Crippen molar-refractivity contribution < 1.29 is 4.79 Å². The van der Waals surface area contributed by atoms with E-state index in [1.54, 1.807) is 0 Å². The molecule has 20 heavy (non-hydrogen) atoms. The minimum absolute atomic E-state index is 0.0506.